The van der Waals surface area contributed by atoms with Crippen LogP contribution in [0.2, 0.25) is 0 Å². The van der Waals surface area contributed by atoms with Gasteiger partial charge in [-0.25, -0.2) is 14.1 Å². The smallest absolute Gasteiger partial charge is 0.140 e. The summed E-state index contributed by atoms with van der Waals surface area (Å²) in [5.41, 5.74) is 9.53. The molecular weight excluding hydrogens is 620 g/mol. The molecule has 0 unspecified atom stereocenters. The molecule has 3 aromatic carbocycles. The van der Waals surface area contributed by atoms with E-state index in [2.05, 4.69) is 94.5 Å². The fourth-order valence-corrected chi connectivity index (χ4v) is 8.05. The molecule has 0 saturated heterocycles. The fraction of sp³-hybridized carbons (Fsp3) is 0.364. The zero-order valence-electron chi connectivity index (χ0n) is 30.5. The van der Waals surface area contributed by atoms with E-state index in [1.807, 2.05) is 34.9 Å². The third-order valence-corrected chi connectivity index (χ3v) is 10.4. The van der Waals surface area contributed by atoms with Crippen LogP contribution in [0, 0.1) is 11.7 Å². The van der Waals surface area contributed by atoms with Crippen molar-refractivity contribution < 1.29 is 9.13 Å². The van der Waals surface area contributed by atoms with Crippen molar-refractivity contribution in [2.45, 2.75) is 98.3 Å². The maximum absolute atomic E-state index is 14.4. The summed E-state index contributed by atoms with van der Waals surface area (Å²) in [5, 5.41) is 7.57. The zero-order chi connectivity index (χ0) is 35.1. The van der Waals surface area contributed by atoms with Gasteiger partial charge in [0.2, 0.25) is 0 Å². The Morgan fingerprint density at radius 1 is 0.900 bits per heavy atom. The third-order valence-electron chi connectivity index (χ3n) is 10.4. The predicted octanol–water partition coefficient (Wildman–Crippen LogP) is 12.3. The number of nitrogens with zero attached hydrogens (tertiary/aromatic N) is 4. The number of hydrogen-bond acceptors (Lipinski definition) is 3. The molecule has 2 atom stereocenters. The highest BCUT2D eigenvalue weighted by atomic mass is 19.1. The summed E-state index contributed by atoms with van der Waals surface area (Å²) in [7, 11) is 0. The first kappa shape index (κ1) is 33.8. The molecule has 7 rings (SSSR count). The van der Waals surface area contributed by atoms with E-state index in [0.29, 0.717) is 29.3 Å². The standard InChI is InChI=1S/C44H49FN4O/c1-8-9-15-31-22-33(49-44(28(4)5)42(43(47-49)27(2)3)41-29(6)13-12-14-30(41)7)25-35(23-31)50-34-18-19-37-36-16-10-11-17-38(36)48(39(37)26-34)40-24-32(45)20-21-46-40/h10-11,13,16-28,30,41H,8-9,12,14-15H2,1-7H3/t30-,41+/m0/s1. The molecule has 1 aliphatic rings. The maximum Gasteiger partial charge on any atom is 0.140 e. The van der Waals surface area contributed by atoms with Crippen molar-refractivity contribution in [1.29, 1.82) is 0 Å². The van der Waals surface area contributed by atoms with E-state index in [1.54, 1.807) is 0 Å². The molecule has 0 radical (unpaired) electrons. The summed E-state index contributed by atoms with van der Waals surface area (Å²) in [5.74, 6) is 3.23. The van der Waals surface area contributed by atoms with Crippen LogP contribution < -0.4 is 4.74 Å². The molecule has 0 aliphatic heterocycles. The topological polar surface area (TPSA) is 44.9 Å². The second-order valence-corrected chi connectivity index (χ2v) is 14.8. The minimum absolute atomic E-state index is 0.288. The Hall–Kier alpha value is -4.71. The van der Waals surface area contributed by atoms with E-state index in [1.165, 1.54) is 52.8 Å². The van der Waals surface area contributed by atoms with Crippen LogP contribution in [0.15, 0.2) is 90.6 Å². The average molecular weight is 669 g/mol. The van der Waals surface area contributed by atoms with Gasteiger partial charge >= 0.3 is 0 Å². The molecule has 6 heteroatoms. The summed E-state index contributed by atoms with van der Waals surface area (Å²) < 4.78 is 25.4. The van der Waals surface area contributed by atoms with Crippen LogP contribution in [-0.2, 0) is 6.42 Å². The molecule has 1 aliphatic carbocycles. The van der Waals surface area contributed by atoms with Gasteiger partial charge in [-0.2, -0.15) is 5.10 Å². The lowest BCUT2D eigenvalue weighted by Crippen LogP contribution is -2.18. The first-order valence-electron chi connectivity index (χ1n) is 18.4. The van der Waals surface area contributed by atoms with Gasteiger partial charge in [-0.3, -0.25) is 4.57 Å². The lowest BCUT2D eigenvalue weighted by Gasteiger charge is -2.31. The largest absolute Gasteiger partial charge is 0.457 e. The number of halogens is 1. The maximum atomic E-state index is 14.4. The zero-order valence-corrected chi connectivity index (χ0v) is 30.5. The number of unbranched alkanes of at least 4 members (excludes halogenated alkanes) is 1. The predicted molar refractivity (Wildman–Crippen MR) is 204 cm³/mol. The van der Waals surface area contributed by atoms with Gasteiger partial charge in [-0.1, -0.05) is 77.8 Å². The second-order valence-electron chi connectivity index (χ2n) is 14.8. The molecule has 5 nitrogen and oxygen atoms in total. The van der Waals surface area contributed by atoms with Gasteiger partial charge in [0.05, 0.1) is 28.1 Å². The van der Waals surface area contributed by atoms with Gasteiger partial charge in [0, 0.05) is 46.6 Å². The minimum Gasteiger partial charge on any atom is -0.457 e. The fourth-order valence-electron chi connectivity index (χ4n) is 8.05. The number of aromatic nitrogens is 4. The van der Waals surface area contributed by atoms with Crippen molar-refractivity contribution >= 4 is 21.8 Å². The van der Waals surface area contributed by atoms with E-state index in [0.717, 1.165) is 58.9 Å². The third kappa shape index (κ3) is 6.25. The highest BCUT2D eigenvalue weighted by molar-refractivity contribution is 6.09. The molecule has 258 valence electrons. The molecule has 3 aromatic heterocycles. The van der Waals surface area contributed by atoms with E-state index in [9.17, 15) is 4.39 Å². The van der Waals surface area contributed by atoms with Crippen LogP contribution in [-0.4, -0.2) is 19.3 Å². The Morgan fingerprint density at radius 3 is 2.44 bits per heavy atom. The van der Waals surface area contributed by atoms with Crippen molar-refractivity contribution in [1.82, 2.24) is 19.3 Å². The number of pyridine rings is 1. The molecule has 6 aromatic rings. The van der Waals surface area contributed by atoms with Gasteiger partial charge in [0.15, 0.2) is 0 Å². The lowest BCUT2D eigenvalue weighted by atomic mass is 9.73. The molecular formula is C44H49FN4O. The van der Waals surface area contributed by atoms with Crippen molar-refractivity contribution in [3.63, 3.8) is 0 Å². The van der Waals surface area contributed by atoms with Crippen LogP contribution in [0.5, 0.6) is 11.5 Å². The molecule has 0 spiro atoms. The second kappa shape index (κ2) is 13.9. The summed E-state index contributed by atoms with van der Waals surface area (Å²) in [4.78, 5) is 4.54. The minimum atomic E-state index is -0.322. The lowest BCUT2D eigenvalue weighted by molar-refractivity contribution is 0.443. The van der Waals surface area contributed by atoms with Crippen molar-refractivity contribution in [2.24, 2.45) is 5.92 Å². The average Bonchev–Trinajstić information content (AvgIpc) is 3.64. The molecule has 50 heavy (non-hydrogen) atoms. The van der Waals surface area contributed by atoms with Crippen LogP contribution >= 0.6 is 0 Å². The van der Waals surface area contributed by atoms with E-state index >= 15 is 0 Å². The normalized spacial score (nSPS) is 16.6. The number of ether oxygens (including phenoxy) is 1. The van der Waals surface area contributed by atoms with Crippen LogP contribution in [0.4, 0.5) is 4.39 Å². The quantitative estimate of drug-likeness (QED) is 0.136. The molecule has 0 bridgehead atoms. The first-order chi connectivity index (χ1) is 24.1. The number of fused-ring (bicyclic) bond motifs is 3. The number of aryl methyl sites for hydroxylation is 1. The van der Waals surface area contributed by atoms with Gasteiger partial charge in [-0.15, -0.1) is 0 Å². The molecule has 0 N–H and O–H groups in total. The Balaban J connectivity index is 1.37. The van der Waals surface area contributed by atoms with Gasteiger partial charge in [-0.05, 0) is 92.3 Å². The van der Waals surface area contributed by atoms with E-state index < -0.39 is 0 Å². The van der Waals surface area contributed by atoms with Gasteiger partial charge in [0.25, 0.3) is 0 Å². The number of benzene rings is 3. The van der Waals surface area contributed by atoms with Crippen molar-refractivity contribution in [2.75, 3.05) is 0 Å². The summed E-state index contributed by atoms with van der Waals surface area (Å²) in [6, 6.07) is 23.8. The van der Waals surface area contributed by atoms with E-state index in [-0.39, 0.29) is 11.7 Å². The van der Waals surface area contributed by atoms with Crippen LogP contribution in [0.25, 0.3) is 33.3 Å². The SMILES string of the molecule is CCCCc1cc(Oc2ccc3c4ccccc4n(-c4cc(F)ccn4)c3c2)cc(-n2nc(C(C)C)c([C@@H]3C(C)=CCC[C@@H]3C)c2C(C)C)c1. The van der Waals surface area contributed by atoms with E-state index in [4.69, 9.17) is 9.84 Å². The summed E-state index contributed by atoms with van der Waals surface area (Å²) in [6.45, 7) is 16.1. The molecule has 0 amide bonds. The van der Waals surface area contributed by atoms with Crippen LogP contribution in [0.3, 0.4) is 0 Å². The first-order valence-corrected chi connectivity index (χ1v) is 18.4. The number of rotatable bonds is 10. The number of hydrogen-bond donors (Lipinski definition) is 0. The Labute approximate surface area is 295 Å². The Bertz CT molecular complexity index is 2200. The molecule has 0 fully saturated rings. The monoisotopic (exact) mass is 668 g/mol. The number of para-hydroxylation sites is 1. The van der Waals surface area contributed by atoms with Gasteiger partial charge in [0.1, 0.15) is 23.1 Å². The van der Waals surface area contributed by atoms with Crippen molar-refractivity contribution in [3.8, 4) is 23.0 Å². The Morgan fingerprint density at radius 2 is 1.70 bits per heavy atom. The molecule has 0 saturated carbocycles. The van der Waals surface area contributed by atoms with Crippen molar-refractivity contribution in [3.05, 3.63) is 119 Å². The summed E-state index contributed by atoms with van der Waals surface area (Å²) >= 11 is 0. The number of allylic oxidation sites excluding steroid dienone is 2. The highest BCUT2D eigenvalue weighted by Gasteiger charge is 2.34. The molecule has 3 heterocycles. The van der Waals surface area contributed by atoms with Gasteiger partial charge < -0.3 is 4.74 Å². The highest BCUT2D eigenvalue weighted by Crippen LogP contribution is 2.45. The Kier molecular flexibility index (Phi) is 9.38. The van der Waals surface area contributed by atoms with Crippen LogP contribution in [0.1, 0.15) is 114 Å². The summed E-state index contributed by atoms with van der Waals surface area (Å²) in [6.07, 6.45) is 9.47.